The number of ether oxygens (including phenoxy) is 6. The van der Waals surface area contributed by atoms with Crippen LogP contribution in [0.2, 0.25) is 0 Å². The average Bonchev–Trinajstić information content (AvgIpc) is 2.99. The van der Waals surface area contributed by atoms with Crippen molar-refractivity contribution in [3.05, 3.63) is 65.7 Å². The van der Waals surface area contributed by atoms with Gasteiger partial charge in [0.15, 0.2) is 23.0 Å². The van der Waals surface area contributed by atoms with Gasteiger partial charge in [0, 0.05) is 16.7 Å². The van der Waals surface area contributed by atoms with E-state index in [9.17, 15) is 9.59 Å². The third-order valence-corrected chi connectivity index (χ3v) is 8.35. The van der Waals surface area contributed by atoms with Gasteiger partial charge in [0.05, 0.1) is 60.2 Å². The van der Waals surface area contributed by atoms with Gasteiger partial charge in [-0.05, 0) is 53.8 Å². The van der Waals surface area contributed by atoms with Crippen molar-refractivity contribution in [1.82, 2.24) is 0 Å². The normalized spacial score (nSPS) is 19.4. The third-order valence-electron chi connectivity index (χ3n) is 7.55. The van der Waals surface area contributed by atoms with E-state index < -0.39 is 29.6 Å². The van der Waals surface area contributed by atoms with Crippen LogP contribution in [-0.4, -0.2) is 60.8 Å². The topological polar surface area (TPSA) is 102 Å². The number of methoxy groups -OCH3 is 6. The summed E-state index contributed by atoms with van der Waals surface area (Å²) in [5, 5.41) is 3.12. The number of nitrogens with one attached hydrogen (secondary N) is 1. The Morgan fingerprint density at radius 1 is 0.683 bits per heavy atom. The highest BCUT2D eigenvalue weighted by Crippen LogP contribution is 2.60. The lowest BCUT2D eigenvalue weighted by molar-refractivity contribution is -0.155. The van der Waals surface area contributed by atoms with Crippen molar-refractivity contribution < 1.29 is 38.0 Å². The molecule has 0 spiro atoms. The van der Waals surface area contributed by atoms with E-state index >= 15 is 0 Å². The van der Waals surface area contributed by atoms with Gasteiger partial charge in [0.2, 0.25) is 11.7 Å². The fourth-order valence-corrected chi connectivity index (χ4v) is 6.20. The maximum absolute atomic E-state index is 14.2. The minimum Gasteiger partial charge on any atom is -0.493 e. The Hall–Kier alpha value is -4.05. The zero-order valence-corrected chi connectivity index (χ0v) is 25.0. The van der Waals surface area contributed by atoms with Crippen molar-refractivity contribution >= 4 is 29.3 Å². The number of hydrogen-bond acceptors (Lipinski definition) is 9. The monoisotopic (exact) mass is 581 g/mol. The molecular formula is C31H35NO8S. The summed E-state index contributed by atoms with van der Waals surface area (Å²) in [6.07, 6.45) is 1.95. The molecule has 10 heteroatoms. The van der Waals surface area contributed by atoms with Gasteiger partial charge in [-0.2, -0.15) is 0 Å². The number of carbonyl (C=O) groups is 2. The van der Waals surface area contributed by atoms with Crippen molar-refractivity contribution in [2.24, 2.45) is 11.8 Å². The molecule has 0 aliphatic heterocycles. The van der Waals surface area contributed by atoms with Crippen LogP contribution in [-0.2, 0) is 14.3 Å². The second kappa shape index (κ2) is 13.1. The van der Waals surface area contributed by atoms with Gasteiger partial charge in [0.25, 0.3) is 0 Å². The van der Waals surface area contributed by atoms with Crippen LogP contribution in [0.1, 0.15) is 23.0 Å². The molecule has 4 rings (SSSR count). The number of rotatable bonds is 11. The minimum absolute atomic E-state index is 0.231. The molecule has 1 aliphatic carbocycles. The molecule has 0 aromatic heterocycles. The van der Waals surface area contributed by atoms with Crippen molar-refractivity contribution in [1.29, 1.82) is 0 Å². The van der Waals surface area contributed by atoms with E-state index in [2.05, 4.69) is 5.32 Å². The van der Waals surface area contributed by atoms with Crippen molar-refractivity contribution in [3.8, 4) is 28.7 Å². The molecule has 1 amide bonds. The quantitative estimate of drug-likeness (QED) is 0.236. The molecule has 41 heavy (non-hydrogen) atoms. The molecule has 3 aromatic carbocycles. The largest absolute Gasteiger partial charge is 0.493 e. The van der Waals surface area contributed by atoms with Crippen molar-refractivity contribution in [2.45, 2.75) is 16.7 Å². The average molecular weight is 582 g/mol. The van der Waals surface area contributed by atoms with Gasteiger partial charge in [-0.25, -0.2) is 0 Å². The number of esters is 1. The van der Waals surface area contributed by atoms with E-state index in [1.165, 1.54) is 40.2 Å². The second-order valence-corrected chi connectivity index (χ2v) is 10.2. The summed E-state index contributed by atoms with van der Waals surface area (Å²) < 4.78 is 32.9. The van der Waals surface area contributed by atoms with Crippen LogP contribution in [0.4, 0.5) is 5.69 Å². The summed E-state index contributed by atoms with van der Waals surface area (Å²) in [4.78, 5) is 28.5. The molecule has 0 saturated heterocycles. The van der Waals surface area contributed by atoms with Crippen LogP contribution in [0.5, 0.6) is 28.7 Å². The van der Waals surface area contributed by atoms with Gasteiger partial charge in [-0.1, -0.05) is 18.2 Å². The molecule has 0 radical (unpaired) electrons. The lowest BCUT2D eigenvalue weighted by Gasteiger charge is -2.50. The number of amides is 1. The SMILES string of the molecule is COC(=O)[C@H]1[C@H](c2cc(OC)c(OC)c(OC)c2)[C@H](C(=O)Nc2ccccc2SC)[C@@H]1c1ccc(OC)c(OC)c1. The van der Waals surface area contributed by atoms with E-state index in [4.69, 9.17) is 28.4 Å². The molecule has 1 fully saturated rings. The van der Waals surface area contributed by atoms with Crippen molar-refractivity contribution in [3.63, 3.8) is 0 Å². The Balaban J connectivity index is 1.89. The Morgan fingerprint density at radius 2 is 1.27 bits per heavy atom. The smallest absolute Gasteiger partial charge is 0.309 e. The Morgan fingerprint density at radius 3 is 1.83 bits per heavy atom. The predicted molar refractivity (Wildman–Crippen MR) is 157 cm³/mol. The predicted octanol–water partition coefficient (Wildman–Crippen LogP) is 5.38. The Labute approximate surface area is 244 Å². The first-order chi connectivity index (χ1) is 19.9. The minimum atomic E-state index is -0.688. The molecule has 1 aliphatic rings. The molecule has 1 N–H and O–H groups in total. The van der Waals surface area contributed by atoms with Gasteiger partial charge in [0.1, 0.15) is 0 Å². The van der Waals surface area contributed by atoms with E-state index in [1.54, 1.807) is 38.5 Å². The summed E-state index contributed by atoms with van der Waals surface area (Å²) in [7, 11) is 9.02. The summed E-state index contributed by atoms with van der Waals surface area (Å²) >= 11 is 1.53. The van der Waals surface area contributed by atoms with E-state index in [0.29, 0.717) is 40.0 Å². The molecule has 218 valence electrons. The molecule has 1 saturated carbocycles. The molecule has 3 aromatic rings. The summed E-state index contributed by atoms with van der Waals surface area (Å²) in [6, 6.07) is 16.6. The molecule has 0 heterocycles. The highest BCUT2D eigenvalue weighted by molar-refractivity contribution is 7.98. The lowest BCUT2D eigenvalue weighted by atomic mass is 9.52. The number of thioether (sulfide) groups is 1. The summed E-state index contributed by atoms with van der Waals surface area (Å²) in [5.41, 5.74) is 2.13. The molecule has 0 unspecified atom stereocenters. The first-order valence-electron chi connectivity index (χ1n) is 12.9. The van der Waals surface area contributed by atoms with Crippen LogP contribution in [0.25, 0.3) is 0 Å². The number of hydrogen-bond donors (Lipinski definition) is 1. The Bertz CT molecular complexity index is 1390. The van der Waals surface area contributed by atoms with E-state index in [-0.39, 0.29) is 5.91 Å². The lowest BCUT2D eigenvalue weighted by Crippen LogP contribution is -2.52. The van der Waals surface area contributed by atoms with E-state index in [0.717, 1.165) is 10.5 Å². The van der Waals surface area contributed by atoms with Crippen LogP contribution >= 0.6 is 11.8 Å². The van der Waals surface area contributed by atoms with Gasteiger partial charge in [-0.3, -0.25) is 9.59 Å². The van der Waals surface area contributed by atoms with Gasteiger partial charge >= 0.3 is 5.97 Å². The maximum atomic E-state index is 14.2. The van der Waals surface area contributed by atoms with E-state index in [1.807, 2.05) is 36.6 Å². The summed E-state index contributed by atoms with van der Waals surface area (Å²) in [5.74, 6) is -0.788. The Kier molecular flexibility index (Phi) is 9.54. The number of para-hydroxylation sites is 1. The maximum Gasteiger partial charge on any atom is 0.309 e. The zero-order chi connectivity index (χ0) is 29.7. The van der Waals surface area contributed by atoms with Crippen LogP contribution < -0.4 is 29.0 Å². The van der Waals surface area contributed by atoms with Crippen LogP contribution in [0.3, 0.4) is 0 Å². The number of carbonyl (C=O) groups excluding carboxylic acids is 2. The fourth-order valence-electron chi connectivity index (χ4n) is 5.65. The number of anilines is 1. The summed E-state index contributed by atoms with van der Waals surface area (Å²) in [6.45, 7) is 0. The van der Waals surface area contributed by atoms with Crippen molar-refractivity contribution in [2.75, 3.05) is 54.2 Å². The third kappa shape index (κ3) is 5.61. The highest BCUT2D eigenvalue weighted by Gasteiger charge is 2.59. The first kappa shape index (κ1) is 29.9. The molecular weight excluding hydrogens is 546 g/mol. The van der Waals surface area contributed by atoms with Crippen LogP contribution in [0, 0.1) is 11.8 Å². The first-order valence-corrected chi connectivity index (χ1v) is 14.1. The second-order valence-electron chi connectivity index (χ2n) is 9.39. The molecule has 4 atom stereocenters. The standard InChI is InChI=1S/C31H35NO8S/c1-35-20-13-12-17(14-21(20)36-2)25-27(30(33)32-19-10-8-9-11-24(19)41-7)26(28(25)31(34)40-6)18-15-22(37-3)29(39-5)23(16-18)38-4/h8-16,25-28H,1-7H3,(H,32,33)/t25-,26+,27+,28+/m0/s1. The van der Waals surface area contributed by atoms with Gasteiger partial charge in [-0.15, -0.1) is 11.8 Å². The molecule has 9 nitrogen and oxygen atoms in total. The zero-order valence-electron chi connectivity index (χ0n) is 24.2. The van der Waals surface area contributed by atoms with Gasteiger partial charge < -0.3 is 33.7 Å². The molecule has 0 bridgehead atoms. The number of benzene rings is 3. The fraction of sp³-hybridized carbons (Fsp3) is 0.355. The van der Waals surface area contributed by atoms with Crippen LogP contribution in [0.15, 0.2) is 59.5 Å². The highest BCUT2D eigenvalue weighted by atomic mass is 32.2.